The minimum atomic E-state index is -0.0543. The van der Waals surface area contributed by atoms with Gasteiger partial charge in [0, 0.05) is 56.7 Å². The van der Waals surface area contributed by atoms with Gasteiger partial charge in [0.25, 0.3) is 5.91 Å². The molecule has 0 saturated carbocycles. The van der Waals surface area contributed by atoms with Gasteiger partial charge in [-0.2, -0.15) is 0 Å². The molecule has 3 heterocycles. The van der Waals surface area contributed by atoms with E-state index in [0.717, 1.165) is 42.7 Å². The first-order valence-electron chi connectivity index (χ1n) is 9.26. The fourth-order valence-corrected chi connectivity index (χ4v) is 3.79. The Morgan fingerprint density at radius 3 is 2.70 bits per heavy atom. The topological polar surface area (TPSA) is 78.4 Å². The number of nitrogens with one attached hydrogen (secondary N) is 1. The summed E-state index contributed by atoms with van der Waals surface area (Å²) in [6.07, 6.45) is 4.99. The fraction of sp³-hybridized carbons (Fsp3) is 0.400. The van der Waals surface area contributed by atoms with Crippen molar-refractivity contribution in [2.24, 2.45) is 0 Å². The van der Waals surface area contributed by atoms with Gasteiger partial charge in [0.1, 0.15) is 0 Å². The van der Waals surface area contributed by atoms with Crippen molar-refractivity contribution in [1.82, 2.24) is 20.2 Å². The number of hydrogen-bond donors (Lipinski definition) is 1. The van der Waals surface area contributed by atoms with E-state index in [1.807, 2.05) is 25.2 Å². The van der Waals surface area contributed by atoms with Crippen LogP contribution in [-0.4, -0.2) is 59.4 Å². The zero-order chi connectivity index (χ0) is 19.0. The molecule has 7 nitrogen and oxygen atoms in total. The van der Waals surface area contributed by atoms with Crippen molar-refractivity contribution in [3.63, 3.8) is 0 Å². The standard InChI is InChI=1S/C20H23N5O2/c1-13(26)25-8-6-14-9-15(3-4-18(14)25)19-22-10-16(11-23-19)20(27)24(2)17-5-7-21-12-17/h3-4,9-11,17,21H,5-8,12H2,1-2H3. The highest BCUT2D eigenvalue weighted by atomic mass is 16.2. The van der Waals surface area contributed by atoms with E-state index in [4.69, 9.17) is 0 Å². The summed E-state index contributed by atoms with van der Waals surface area (Å²) >= 11 is 0. The van der Waals surface area contributed by atoms with Gasteiger partial charge in [-0.05, 0) is 43.1 Å². The molecule has 7 heteroatoms. The maximum absolute atomic E-state index is 12.6. The van der Waals surface area contributed by atoms with E-state index in [2.05, 4.69) is 15.3 Å². The lowest BCUT2D eigenvalue weighted by molar-refractivity contribution is -0.116. The van der Waals surface area contributed by atoms with E-state index < -0.39 is 0 Å². The molecule has 0 spiro atoms. The number of hydrogen-bond acceptors (Lipinski definition) is 5. The average molecular weight is 365 g/mol. The molecule has 1 unspecified atom stereocenters. The van der Waals surface area contributed by atoms with Crippen molar-refractivity contribution >= 4 is 17.5 Å². The molecule has 1 aromatic heterocycles. The molecule has 2 aromatic rings. The van der Waals surface area contributed by atoms with Crippen molar-refractivity contribution < 1.29 is 9.59 Å². The molecular weight excluding hydrogens is 342 g/mol. The number of rotatable bonds is 3. The van der Waals surface area contributed by atoms with Crippen molar-refractivity contribution in [3.8, 4) is 11.4 Å². The SMILES string of the molecule is CC(=O)N1CCc2cc(-c3ncc(C(=O)N(C)C4CCNC4)cn3)ccc21. The molecule has 4 rings (SSSR count). The number of anilines is 1. The lowest BCUT2D eigenvalue weighted by Gasteiger charge is -2.23. The van der Waals surface area contributed by atoms with Gasteiger partial charge in [0.05, 0.1) is 5.56 Å². The van der Waals surface area contributed by atoms with Gasteiger partial charge in [-0.25, -0.2) is 9.97 Å². The summed E-state index contributed by atoms with van der Waals surface area (Å²) in [4.78, 5) is 36.7. The van der Waals surface area contributed by atoms with Gasteiger partial charge in [-0.15, -0.1) is 0 Å². The summed E-state index contributed by atoms with van der Waals surface area (Å²) in [6.45, 7) is 4.07. The van der Waals surface area contributed by atoms with Gasteiger partial charge in [-0.3, -0.25) is 9.59 Å². The van der Waals surface area contributed by atoms with Gasteiger partial charge in [0.2, 0.25) is 5.91 Å². The Kier molecular flexibility index (Phi) is 4.61. The van der Waals surface area contributed by atoms with Gasteiger partial charge >= 0.3 is 0 Å². The molecule has 1 aromatic carbocycles. The normalized spacial score (nSPS) is 18.4. The summed E-state index contributed by atoms with van der Waals surface area (Å²) in [5.74, 6) is 0.587. The van der Waals surface area contributed by atoms with E-state index >= 15 is 0 Å². The van der Waals surface area contributed by atoms with E-state index in [-0.39, 0.29) is 17.9 Å². The zero-order valence-electron chi connectivity index (χ0n) is 15.6. The zero-order valence-corrected chi connectivity index (χ0v) is 15.6. The summed E-state index contributed by atoms with van der Waals surface area (Å²) in [5, 5.41) is 3.27. The minimum Gasteiger partial charge on any atom is -0.337 e. The number of carbonyl (C=O) groups is 2. The average Bonchev–Trinajstić information content (AvgIpc) is 3.36. The number of carbonyl (C=O) groups excluding carboxylic acids is 2. The van der Waals surface area contributed by atoms with E-state index in [9.17, 15) is 9.59 Å². The highest BCUT2D eigenvalue weighted by Crippen LogP contribution is 2.31. The first-order chi connectivity index (χ1) is 13.0. The quantitative estimate of drug-likeness (QED) is 0.892. The molecule has 2 aliphatic rings. The summed E-state index contributed by atoms with van der Waals surface area (Å²) < 4.78 is 0. The van der Waals surface area contributed by atoms with Crippen molar-refractivity contribution in [1.29, 1.82) is 0 Å². The molecule has 1 N–H and O–H groups in total. The third-order valence-electron chi connectivity index (χ3n) is 5.41. The van der Waals surface area contributed by atoms with Crippen molar-refractivity contribution in [3.05, 3.63) is 41.7 Å². The molecule has 2 amide bonds. The molecule has 140 valence electrons. The largest absolute Gasteiger partial charge is 0.337 e. The predicted octanol–water partition coefficient (Wildman–Crippen LogP) is 1.49. The maximum atomic E-state index is 12.6. The van der Waals surface area contributed by atoms with Crippen LogP contribution in [0.1, 0.15) is 29.3 Å². The Bertz CT molecular complexity index is 874. The van der Waals surface area contributed by atoms with Crippen LogP contribution in [0.2, 0.25) is 0 Å². The highest BCUT2D eigenvalue weighted by Gasteiger charge is 2.25. The Balaban J connectivity index is 1.53. The molecule has 1 saturated heterocycles. The Morgan fingerprint density at radius 1 is 1.26 bits per heavy atom. The third-order valence-corrected chi connectivity index (χ3v) is 5.41. The Morgan fingerprint density at radius 2 is 2.04 bits per heavy atom. The fourth-order valence-electron chi connectivity index (χ4n) is 3.79. The Labute approximate surface area is 158 Å². The van der Waals surface area contributed by atoms with Crippen LogP contribution in [-0.2, 0) is 11.2 Å². The maximum Gasteiger partial charge on any atom is 0.257 e. The smallest absolute Gasteiger partial charge is 0.257 e. The van der Waals surface area contributed by atoms with Crippen LogP contribution in [0.15, 0.2) is 30.6 Å². The molecule has 0 radical (unpaired) electrons. The lowest BCUT2D eigenvalue weighted by atomic mass is 10.1. The third kappa shape index (κ3) is 3.30. The molecule has 1 fully saturated rings. The van der Waals surface area contributed by atoms with E-state index in [0.29, 0.717) is 17.9 Å². The number of likely N-dealkylation sites (N-methyl/N-ethyl adjacent to an activating group) is 1. The van der Waals surface area contributed by atoms with Crippen LogP contribution in [0.5, 0.6) is 0 Å². The van der Waals surface area contributed by atoms with Crippen LogP contribution in [0.25, 0.3) is 11.4 Å². The Hall–Kier alpha value is -2.80. The molecule has 0 bridgehead atoms. The molecule has 27 heavy (non-hydrogen) atoms. The van der Waals surface area contributed by atoms with Crippen molar-refractivity contribution in [2.75, 3.05) is 31.6 Å². The van der Waals surface area contributed by atoms with Crippen LogP contribution in [0, 0.1) is 0 Å². The van der Waals surface area contributed by atoms with Crippen LogP contribution < -0.4 is 10.2 Å². The number of amides is 2. The number of fused-ring (bicyclic) bond motifs is 1. The molecular formula is C20H23N5O2. The first kappa shape index (κ1) is 17.6. The van der Waals surface area contributed by atoms with Gasteiger partial charge < -0.3 is 15.1 Å². The number of nitrogens with zero attached hydrogens (tertiary/aromatic N) is 4. The highest BCUT2D eigenvalue weighted by molar-refractivity contribution is 5.95. The second kappa shape index (κ2) is 7.08. The lowest BCUT2D eigenvalue weighted by Crippen LogP contribution is -2.38. The monoisotopic (exact) mass is 365 g/mol. The predicted molar refractivity (Wildman–Crippen MR) is 103 cm³/mol. The molecule has 1 atom stereocenters. The van der Waals surface area contributed by atoms with E-state index in [1.165, 1.54) is 0 Å². The van der Waals surface area contributed by atoms with Crippen LogP contribution in [0.4, 0.5) is 5.69 Å². The second-order valence-electron chi connectivity index (χ2n) is 7.12. The number of aromatic nitrogens is 2. The van der Waals surface area contributed by atoms with Crippen LogP contribution >= 0.6 is 0 Å². The summed E-state index contributed by atoms with van der Waals surface area (Å²) in [7, 11) is 1.83. The summed E-state index contributed by atoms with van der Waals surface area (Å²) in [6, 6.07) is 6.12. The minimum absolute atomic E-state index is 0.0543. The summed E-state index contributed by atoms with van der Waals surface area (Å²) in [5.41, 5.74) is 3.48. The van der Waals surface area contributed by atoms with Gasteiger partial charge in [0.15, 0.2) is 5.82 Å². The van der Waals surface area contributed by atoms with E-state index in [1.54, 1.807) is 29.1 Å². The second-order valence-corrected chi connectivity index (χ2v) is 7.12. The van der Waals surface area contributed by atoms with Gasteiger partial charge in [-0.1, -0.05) is 0 Å². The first-order valence-corrected chi connectivity index (χ1v) is 9.26. The molecule has 2 aliphatic heterocycles. The molecule has 0 aliphatic carbocycles. The number of benzene rings is 1. The van der Waals surface area contributed by atoms with Crippen LogP contribution in [0.3, 0.4) is 0 Å². The van der Waals surface area contributed by atoms with Crippen molar-refractivity contribution in [2.45, 2.75) is 25.8 Å².